The monoisotopic (exact) mass is 370 g/mol. The zero-order valence-electron chi connectivity index (χ0n) is 15.0. The molecule has 7 nitrogen and oxygen atoms in total. The summed E-state index contributed by atoms with van der Waals surface area (Å²) in [6.07, 6.45) is 0. The topological polar surface area (TPSA) is 127 Å². The van der Waals surface area contributed by atoms with Crippen molar-refractivity contribution in [2.75, 3.05) is 11.9 Å². The van der Waals surface area contributed by atoms with Crippen LogP contribution in [0.4, 0.5) is 5.69 Å². The van der Waals surface area contributed by atoms with Gasteiger partial charge in [-0.3, -0.25) is 14.4 Å². The molecule has 0 spiro atoms. The smallest absolute Gasteiger partial charge is 0.243 e. The number of anilines is 1. The Balaban J connectivity index is 0.00000576. The molecule has 8 heteroatoms. The molecule has 140 valence electrons. The lowest BCUT2D eigenvalue weighted by Crippen LogP contribution is -2.46. The lowest BCUT2D eigenvalue weighted by Gasteiger charge is -2.21. The highest BCUT2D eigenvalue weighted by Crippen LogP contribution is 2.24. The van der Waals surface area contributed by atoms with Gasteiger partial charge >= 0.3 is 0 Å². The summed E-state index contributed by atoms with van der Waals surface area (Å²) < 4.78 is 0. The van der Waals surface area contributed by atoms with Gasteiger partial charge in [0.15, 0.2) is 0 Å². The summed E-state index contributed by atoms with van der Waals surface area (Å²) in [5, 5.41) is 5.16. The molecule has 0 unspecified atom stereocenters. The van der Waals surface area contributed by atoms with Gasteiger partial charge in [0, 0.05) is 5.69 Å². The molecule has 0 aliphatic heterocycles. The van der Waals surface area contributed by atoms with E-state index in [9.17, 15) is 14.4 Å². The van der Waals surface area contributed by atoms with Gasteiger partial charge in [0.2, 0.25) is 17.7 Å². The Bertz CT molecular complexity index is 615. The fraction of sp³-hybridized carbons (Fsp3) is 0.471. The number of rotatable bonds is 7. The van der Waals surface area contributed by atoms with Gasteiger partial charge in [0.05, 0.1) is 18.0 Å². The SMILES string of the molecule is CC(C)[C@H](N)C(=O)NCC(=O)Nc1ccc(C(C)(C)C(N)=O)cc1.Cl. The Morgan fingerprint density at radius 2 is 1.64 bits per heavy atom. The maximum Gasteiger partial charge on any atom is 0.243 e. The van der Waals surface area contributed by atoms with E-state index in [4.69, 9.17) is 11.5 Å². The summed E-state index contributed by atoms with van der Waals surface area (Å²) in [6, 6.07) is 6.17. The molecule has 6 N–H and O–H groups in total. The van der Waals surface area contributed by atoms with E-state index >= 15 is 0 Å². The van der Waals surface area contributed by atoms with Gasteiger partial charge in [0.1, 0.15) is 0 Å². The molecule has 1 rings (SSSR count). The van der Waals surface area contributed by atoms with E-state index in [1.165, 1.54) is 0 Å². The molecular formula is C17H27ClN4O3. The quantitative estimate of drug-likeness (QED) is 0.568. The van der Waals surface area contributed by atoms with Crippen molar-refractivity contribution < 1.29 is 14.4 Å². The summed E-state index contributed by atoms with van der Waals surface area (Å²) >= 11 is 0. The van der Waals surface area contributed by atoms with Gasteiger partial charge in [-0.05, 0) is 37.5 Å². The molecule has 1 aromatic rings. The molecular weight excluding hydrogens is 344 g/mol. The minimum atomic E-state index is -0.788. The highest BCUT2D eigenvalue weighted by Gasteiger charge is 2.27. The maximum atomic E-state index is 11.9. The van der Waals surface area contributed by atoms with Crippen LogP contribution in [0.15, 0.2) is 24.3 Å². The fourth-order valence-electron chi connectivity index (χ4n) is 1.91. The van der Waals surface area contributed by atoms with Crippen molar-refractivity contribution in [3.05, 3.63) is 29.8 Å². The first-order chi connectivity index (χ1) is 11.1. The Hall–Kier alpha value is -2.12. The molecule has 25 heavy (non-hydrogen) atoms. The number of carbonyl (C=O) groups is 3. The summed E-state index contributed by atoms with van der Waals surface area (Å²) in [5.74, 6) is -1.15. The van der Waals surface area contributed by atoms with Crippen molar-refractivity contribution in [3.63, 3.8) is 0 Å². The zero-order chi connectivity index (χ0) is 18.5. The number of primary amides is 1. The van der Waals surface area contributed by atoms with Crippen LogP contribution in [0.1, 0.15) is 33.3 Å². The first-order valence-electron chi connectivity index (χ1n) is 7.79. The molecule has 0 saturated carbocycles. The van der Waals surface area contributed by atoms with Gasteiger partial charge in [-0.2, -0.15) is 0 Å². The molecule has 0 aliphatic carbocycles. The van der Waals surface area contributed by atoms with Crippen LogP contribution in [0.5, 0.6) is 0 Å². The fourth-order valence-corrected chi connectivity index (χ4v) is 1.91. The first-order valence-corrected chi connectivity index (χ1v) is 7.79. The molecule has 0 aliphatic rings. The standard InChI is InChI=1S/C17H26N4O3.ClH/c1-10(2)14(18)15(23)20-9-13(22)21-12-7-5-11(6-8-12)17(3,4)16(19)24;/h5-8,10,14H,9,18H2,1-4H3,(H2,19,24)(H,20,23)(H,21,22);1H/t14-;/m0./s1. The molecule has 3 amide bonds. The van der Waals surface area contributed by atoms with E-state index in [-0.39, 0.29) is 36.7 Å². The summed E-state index contributed by atoms with van der Waals surface area (Å²) in [4.78, 5) is 35.0. The number of nitrogens with two attached hydrogens (primary N) is 2. The highest BCUT2D eigenvalue weighted by molar-refractivity contribution is 5.95. The Labute approximate surface area is 154 Å². The van der Waals surface area contributed by atoms with Gasteiger partial charge in [-0.1, -0.05) is 26.0 Å². The molecule has 0 bridgehead atoms. The number of carbonyl (C=O) groups excluding carboxylic acids is 3. The van der Waals surface area contributed by atoms with Crippen LogP contribution < -0.4 is 22.1 Å². The van der Waals surface area contributed by atoms with Crippen LogP contribution in [0, 0.1) is 5.92 Å². The zero-order valence-corrected chi connectivity index (χ0v) is 15.8. The first kappa shape index (κ1) is 22.9. The predicted molar refractivity (Wildman–Crippen MR) is 100 cm³/mol. The van der Waals surface area contributed by atoms with Crippen molar-refractivity contribution >= 4 is 35.8 Å². The van der Waals surface area contributed by atoms with Crippen LogP contribution in [0.3, 0.4) is 0 Å². The lowest BCUT2D eigenvalue weighted by atomic mass is 9.84. The van der Waals surface area contributed by atoms with E-state index < -0.39 is 17.4 Å². The van der Waals surface area contributed by atoms with Gasteiger partial charge < -0.3 is 22.1 Å². The Morgan fingerprint density at radius 3 is 2.08 bits per heavy atom. The summed E-state index contributed by atoms with van der Waals surface area (Å²) in [7, 11) is 0. The Kier molecular flexibility index (Phi) is 8.59. The van der Waals surface area contributed by atoms with Gasteiger partial charge in [-0.15, -0.1) is 12.4 Å². The molecule has 0 radical (unpaired) electrons. The van der Waals surface area contributed by atoms with E-state index in [0.717, 1.165) is 5.56 Å². The van der Waals surface area contributed by atoms with Crippen LogP contribution >= 0.6 is 12.4 Å². The molecule has 1 aromatic carbocycles. The Morgan fingerprint density at radius 1 is 1.12 bits per heavy atom. The minimum Gasteiger partial charge on any atom is -0.369 e. The number of amides is 3. The van der Waals surface area contributed by atoms with Crippen LogP contribution in [0.25, 0.3) is 0 Å². The third-order valence-corrected chi connectivity index (χ3v) is 3.95. The lowest BCUT2D eigenvalue weighted by molar-refractivity contribution is -0.125. The molecule has 0 heterocycles. The molecule has 1 atom stereocenters. The van der Waals surface area contributed by atoms with Crippen molar-refractivity contribution in [3.8, 4) is 0 Å². The summed E-state index contributed by atoms with van der Waals surface area (Å²) in [5.41, 5.74) is 11.6. The molecule has 0 fully saturated rings. The number of nitrogens with one attached hydrogen (secondary N) is 2. The van der Waals surface area contributed by atoms with E-state index in [2.05, 4.69) is 10.6 Å². The van der Waals surface area contributed by atoms with Gasteiger partial charge in [-0.25, -0.2) is 0 Å². The summed E-state index contributed by atoms with van der Waals surface area (Å²) in [6.45, 7) is 6.97. The van der Waals surface area contributed by atoms with Crippen LogP contribution in [-0.4, -0.2) is 30.3 Å². The van der Waals surface area contributed by atoms with E-state index in [0.29, 0.717) is 5.69 Å². The number of benzene rings is 1. The van der Waals surface area contributed by atoms with Crippen molar-refractivity contribution in [1.82, 2.24) is 5.32 Å². The largest absolute Gasteiger partial charge is 0.369 e. The normalized spacial score (nSPS) is 12.1. The van der Waals surface area contributed by atoms with Crippen LogP contribution in [0.2, 0.25) is 0 Å². The maximum absolute atomic E-state index is 11.9. The van der Waals surface area contributed by atoms with Crippen molar-refractivity contribution in [2.45, 2.75) is 39.2 Å². The van der Waals surface area contributed by atoms with Gasteiger partial charge in [0.25, 0.3) is 0 Å². The number of halogens is 1. The number of hydrogen-bond acceptors (Lipinski definition) is 4. The average molecular weight is 371 g/mol. The van der Waals surface area contributed by atoms with E-state index in [1.807, 2.05) is 13.8 Å². The predicted octanol–water partition coefficient (Wildman–Crippen LogP) is 0.909. The third-order valence-electron chi connectivity index (χ3n) is 3.95. The van der Waals surface area contributed by atoms with Crippen LogP contribution in [-0.2, 0) is 19.8 Å². The second-order valence-corrected chi connectivity index (χ2v) is 6.60. The molecule has 0 saturated heterocycles. The highest BCUT2D eigenvalue weighted by atomic mass is 35.5. The average Bonchev–Trinajstić information content (AvgIpc) is 2.52. The minimum absolute atomic E-state index is 0. The molecule has 0 aromatic heterocycles. The second-order valence-electron chi connectivity index (χ2n) is 6.60. The van der Waals surface area contributed by atoms with Crippen molar-refractivity contribution in [1.29, 1.82) is 0 Å². The van der Waals surface area contributed by atoms with E-state index in [1.54, 1.807) is 38.1 Å². The second kappa shape index (κ2) is 9.39. The van der Waals surface area contributed by atoms with Crippen molar-refractivity contribution in [2.24, 2.45) is 17.4 Å². The number of hydrogen-bond donors (Lipinski definition) is 4. The third kappa shape index (κ3) is 6.36.